The summed E-state index contributed by atoms with van der Waals surface area (Å²) >= 11 is 0. The third-order valence-corrected chi connectivity index (χ3v) is 3.33. The van der Waals surface area contributed by atoms with E-state index in [1.807, 2.05) is 10.6 Å². The second-order valence-corrected chi connectivity index (χ2v) is 4.69. The van der Waals surface area contributed by atoms with Crippen molar-refractivity contribution in [2.75, 3.05) is 6.54 Å². The molecule has 5 heteroatoms. The maximum Gasteiger partial charge on any atom is 0.179 e. The first-order chi connectivity index (χ1) is 8.85. The van der Waals surface area contributed by atoms with Crippen molar-refractivity contribution in [1.82, 2.24) is 19.6 Å². The molecule has 0 fully saturated rings. The fourth-order valence-electron chi connectivity index (χ4n) is 2.38. The molecule has 0 spiro atoms. The van der Waals surface area contributed by atoms with E-state index in [4.69, 9.17) is 5.73 Å². The number of rotatable bonds is 7. The summed E-state index contributed by atoms with van der Waals surface area (Å²) in [4.78, 5) is 4.04. The van der Waals surface area contributed by atoms with E-state index in [9.17, 15) is 0 Å². The van der Waals surface area contributed by atoms with Crippen LogP contribution >= 0.6 is 0 Å². The molecule has 0 saturated carbocycles. The van der Waals surface area contributed by atoms with Crippen molar-refractivity contribution >= 4 is 5.65 Å². The van der Waals surface area contributed by atoms with Gasteiger partial charge in [0.05, 0.1) is 6.20 Å². The summed E-state index contributed by atoms with van der Waals surface area (Å²) in [6.07, 6.45) is 11.1. The van der Waals surface area contributed by atoms with Crippen LogP contribution in [-0.2, 0) is 6.42 Å². The molecule has 5 nitrogen and oxygen atoms in total. The molecule has 2 N–H and O–H groups in total. The van der Waals surface area contributed by atoms with Crippen LogP contribution in [0.15, 0.2) is 18.6 Å². The first kappa shape index (κ1) is 13.0. The summed E-state index contributed by atoms with van der Waals surface area (Å²) in [6.45, 7) is 3.00. The fourth-order valence-corrected chi connectivity index (χ4v) is 2.38. The van der Waals surface area contributed by atoms with Crippen molar-refractivity contribution in [3.8, 4) is 0 Å². The predicted octanol–water partition coefficient (Wildman–Crippen LogP) is 1.82. The Kier molecular flexibility index (Phi) is 4.64. The summed E-state index contributed by atoms with van der Waals surface area (Å²) in [5.74, 6) is 1.72. The van der Waals surface area contributed by atoms with E-state index >= 15 is 0 Å². The third kappa shape index (κ3) is 3.04. The lowest BCUT2D eigenvalue weighted by molar-refractivity contribution is 0.417. The Bertz CT molecular complexity index is 473. The number of nitrogens with zero attached hydrogens (tertiary/aromatic N) is 4. The van der Waals surface area contributed by atoms with Crippen molar-refractivity contribution < 1.29 is 0 Å². The summed E-state index contributed by atoms with van der Waals surface area (Å²) in [5, 5.41) is 8.34. The standard InChI is InChI=1S/C13H21N5/c1-2-3-11(6-7-14)4-5-12-16-17-13-10-15-8-9-18(12)13/h8-11H,2-7,14H2,1H3. The maximum atomic E-state index is 5.66. The van der Waals surface area contributed by atoms with Crippen LogP contribution in [0.25, 0.3) is 5.65 Å². The number of aromatic nitrogens is 4. The van der Waals surface area contributed by atoms with Crippen LogP contribution in [-0.4, -0.2) is 26.1 Å². The second kappa shape index (κ2) is 6.44. The minimum atomic E-state index is 0.703. The van der Waals surface area contributed by atoms with Crippen LogP contribution in [0.5, 0.6) is 0 Å². The van der Waals surface area contributed by atoms with E-state index in [1.54, 1.807) is 12.4 Å². The summed E-state index contributed by atoms with van der Waals surface area (Å²) < 4.78 is 2.01. The van der Waals surface area contributed by atoms with Crippen LogP contribution in [0.4, 0.5) is 0 Å². The second-order valence-electron chi connectivity index (χ2n) is 4.69. The number of hydrogen-bond acceptors (Lipinski definition) is 4. The van der Waals surface area contributed by atoms with Gasteiger partial charge < -0.3 is 5.73 Å². The van der Waals surface area contributed by atoms with Gasteiger partial charge in [-0.05, 0) is 25.3 Å². The highest BCUT2D eigenvalue weighted by atomic mass is 15.2. The van der Waals surface area contributed by atoms with E-state index in [1.165, 1.54) is 12.8 Å². The zero-order chi connectivity index (χ0) is 12.8. The highest BCUT2D eigenvalue weighted by Gasteiger charge is 2.10. The van der Waals surface area contributed by atoms with Gasteiger partial charge in [0, 0.05) is 18.8 Å². The lowest BCUT2D eigenvalue weighted by Gasteiger charge is -2.13. The molecule has 98 valence electrons. The Morgan fingerprint density at radius 2 is 2.17 bits per heavy atom. The Morgan fingerprint density at radius 3 is 2.94 bits per heavy atom. The van der Waals surface area contributed by atoms with Gasteiger partial charge in [0.2, 0.25) is 0 Å². The topological polar surface area (TPSA) is 69.1 Å². The predicted molar refractivity (Wildman–Crippen MR) is 71.2 cm³/mol. The van der Waals surface area contributed by atoms with Gasteiger partial charge in [0.15, 0.2) is 5.65 Å². The fraction of sp³-hybridized carbons (Fsp3) is 0.615. The lowest BCUT2D eigenvalue weighted by Crippen LogP contribution is -2.10. The van der Waals surface area contributed by atoms with Gasteiger partial charge in [-0.15, -0.1) is 10.2 Å². The molecule has 0 aromatic carbocycles. The largest absolute Gasteiger partial charge is 0.330 e. The van der Waals surface area contributed by atoms with Crippen LogP contribution in [0.2, 0.25) is 0 Å². The van der Waals surface area contributed by atoms with E-state index in [0.29, 0.717) is 5.92 Å². The molecule has 0 radical (unpaired) electrons. The van der Waals surface area contributed by atoms with Crippen molar-refractivity contribution in [2.24, 2.45) is 11.7 Å². The molecule has 18 heavy (non-hydrogen) atoms. The first-order valence-corrected chi connectivity index (χ1v) is 6.68. The van der Waals surface area contributed by atoms with Gasteiger partial charge in [-0.25, -0.2) is 0 Å². The number of aryl methyl sites for hydroxylation is 1. The number of fused-ring (bicyclic) bond motifs is 1. The van der Waals surface area contributed by atoms with Crippen LogP contribution in [0, 0.1) is 5.92 Å². The normalized spacial score (nSPS) is 13.0. The highest BCUT2D eigenvalue weighted by molar-refractivity contribution is 5.33. The molecule has 0 aliphatic carbocycles. The van der Waals surface area contributed by atoms with E-state index < -0.39 is 0 Å². The first-order valence-electron chi connectivity index (χ1n) is 6.68. The summed E-state index contributed by atoms with van der Waals surface area (Å²) in [5.41, 5.74) is 6.48. The SMILES string of the molecule is CCCC(CCN)CCc1nnc2cnccn12. The van der Waals surface area contributed by atoms with Crippen molar-refractivity contribution in [2.45, 2.75) is 39.0 Å². The molecule has 0 saturated heterocycles. The van der Waals surface area contributed by atoms with Crippen LogP contribution in [0.3, 0.4) is 0 Å². The molecule has 1 atom stereocenters. The molecule has 0 amide bonds. The average molecular weight is 247 g/mol. The number of nitrogens with two attached hydrogens (primary N) is 1. The van der Waals surface area contributed by atoms with Gasteiger partial charge in [-0.3, -0.25) is 9.38 Å². The van der Waals surface area contributed by atoms with E-state index in [-0.39, 0.29) is 0 Å². The Hall–Kier alpha value is -1.49. The summed E-state index contributed by atoms with van der Waals surface area (Å²) in [6, 6.07) is 0. The molecule has 0 aliphatic rings. The molecule has 0 aliphatic heterocycles. The molecular weight excluding hydrogens is 226 g/mol. The quantitative estimate of drug-likeness (QED) is 0.810. The van der Waals surface area contributed by atoms with Crippen molar-refractivity contribution in [3.05, 3.63) is 24.4 Å². The summed E-state index contributed by atoms with van der Waals surface area (Å²) in [7, 11) is 0. The van der Waals surface area contributed by atoms with Gasteiger partial charge in [0.25, 0.3) is 0 Å². The Labute approximate surface area is 107 Å². The monoisotopic (exact) mass is 247 g/mol. The lowest BCUT2D eigenvalue weighted by atomic mass is 9.94. The van der Waals surface area contributed by atoms with Gasteiger partial charge in [-0.1, -0.05) is 19.8 Å². The molecule has 2 rings (SSSR count). The zero-order valence-electron chi connectivity index (χ0n) is 10.9. The van der Waals surface area contributed by atoms with Crippen LogP contribution < -0.4 is 5.73 Å². The van der Waals surface area contributed by atoms with Gasteiger partial charge in [-0.2, -0.15) is 0 Å². The smallest absolute Gasteiger partial charge is 0.179 e. The molecule has 0 bridgehead atoms. The number of hydrogen-bond donors (Lipinski definition) is 1. The minimum Gasteiger partial charge on any atom is -0.330 e. The molecular formula is C13H21N5. The van der Waals surface area contributed by atoms with Gasteiger partial charge in [0.1, 0.15) is 5.82 Å². The molecule has 2 aromatic heterocycles. The highest BCUT2D eigenvalue weighted by Crippen LogP contribution is 2.17. The molecule has 1 unspecified atom stereocenters. The van der Waals surface area contributed by atoms with E-state index in [2.05, 4.69) is 22.1 Å². The van der Waals surface area contributed by atoms with Crippen molar-refractivity contribution in [3.63, 3.8) is 0 Å². The molecule has 2 aromatic rings. The molecule has 2 heterocycles. The Balaban J connectivity index is 2.00. The maximum absolute atomic E-state index is 5.66. The van der Waals surface area contributed by atoms with Crippen LogP contribution in [0.1, 0.15) is 38.4 Å². The van der Waals surface area contributed by atoms with E-state index in [0.717, 1.165) is 37.3 Å². The zero-order valence-corrected chi connectivity index (χ0v) is 10.9. The van der Waals surface area contributed by atoms with Crippen molar-refractivity contribution in [1.29, 1.82) is 0 Å². The average Bonchev–Trinajstić information content (AvgIpc) is 2.80. The van der Waals surface area contributed by atoms with Gasteiger partial charge >= 0.3 is 0 Å². The Morgan fingerprint density at radius 1 is 1.28 bits per heavy atom. The third-order valence-electron chi connectivity index (χ3n) is 3.33. The minimum absolute atomic E-state index is 0.703.